The van der Waals surface area contributed by atoms with Crippen molar-refractivity contribution in [3.63, 3.8) is 0 Å². The maximum absolute atomic E-state index is 12.9. The Morgan fingerprint density at radius 2 is 1.86 bits per heavy atom. The van der Waals surface area contributed by atoms with Gasteiger partial charge in [-0.1, -0.05) is 12.1 Å². The quantitative estimate of drug-likeness (QED) is 0.637. The van der Waals surface area contributed by atoms with Crippen molar-refractivity contribution < 1.29 is 13.9 Å². The van der Waals surface area contributed by atoms with E-state index < -0.39 is 0 Å². The molecule has 3 aromatic rings. The number of nitrogens with zero attached hydrogens (tertiary/aromatic N) is 2. The first-order valence-corrected chi connectivity index (χ1v) is 9.36. The van der Waals surface area contributed by atoms with Crippen molar-refractivity contribution in [2.45, 2.75) is 19.9 Å². The van der Waals surface area contributed by atoms with Crippen LogP contribution in [0.15, 0.2) is 65.7 Å². The van der Waals surface area contributed by atoms with Gasteiger partial charge in [0, 0.05) is 24.7 Å². The Bertz CT molecular complexity index is 1010. The summed E-state index contributed by atoms with van der Waals surface area (Å²) in [6.07, 6.45) is 1.63. The Balaban J connectivity index is 1.54. The fourth-order valence-corrected chi connectivity index (χ4v) is 2.81. The number of halogens is 1. The lowest BCUT2D eigenvalue weighted by molar-refractivity contribution is -0.120. The first-order chi connectivity index (χ1) is 14.0. The van der Waals surface area contributed by atoms with Gasteiger partial charge in [-0.2, -0.15) is 0 Å². The Morgan fingerprint density at radius 3 is 2.52 bits per heavy atom. The molecule has 3 rings (SSSR count). The van der Waals surface area contributed by atoms with Crippen LogP contribution in [-0.2, 0) is 17.8 Å². The maximum Gasteiger partial charge on any atom is 0.253 e. The van der Waals surface area contributed by atoms with Crippen LogP contribution in [0.25, 0.3) is 11.3 Å². The van der Waals surface area contributed by atoms with Crippen molar-refractivity contribution in [2.75, 3.05) is 13.2 Å². The van der Waals surface area contributed by atoms with Crippen LogP contribution in [0, 0.1) is 5.82 Å². The highest BCUT2D eigenvalue weighted by Gasteiger charge is 2.06. The van der Waals surface area contributed by atoms with Crippen LogP contribution in [0.4, 0.5) is 4.39 Å². The van der Waals surface area contributed by atoms with Crippen molar-refractivity contribution in [2.24, 2.45) is 0 Å². The molecule has 7 heteroatoms. The second kappa shape index (κ2) is 9.64. The van der Waals surface area contributed by atoms with Crippen LogP contribution in [0.5, 0.6) is 5.75 Å². The number of carbonyl (C=O) groups excluding carboxylic acids is 1. The van der Waals surface area contributed by atoms with E-state index in [1.165, 1.54) is 29.1 Å². The monoisotopic (exact) mass is 395 g/mol. The number of carbonyl (C=O) groups is 1. The smallest absolute Gasteiger partial charge is 0.253 e. The van der Waals surface area contributed by atoms with Gasteiger partial charge in [0.1, 0.15) is 11.6 Å². The van der Waals surface area contributed by atoms with E-state index in [4.69, 9.17) is 4.74 Å². The van der Waals surface area contributed by atoms with Crippen molar-refractivity contribution in [1.82, 2.24) is 14.9 Å². The van der Waals surface area contributed by atoms with Crippen molar-refractivity contribution in [1.29, 1.82) is 0 Å². The van der Waals surface area contributed by atoms with Crippen molar-refractivity contribution >= 4 is 5.91 Å². The summed E-state index contributed by atoms with van der Waals surface area (Å²) < 4.78 is 19.7. The predicted molar refractivity (Wildman–Crippen MR) is 108 cm³/mol. The molecule has 0 bridgehead atoms. The van der Waals surface area contributed by atoms with Gasteiger partial charge in [-0.3, -0.25) is 14.2 Å². The number of ether oxygens (including phenoxy) is 1. The van der Waals surface area contributed by atoms with Gasteiger partial charge in [-0.05, 0) is 48.9 Å². The largest absolute Gasteiger partial charge is 0.494 e. The minimum absolute atomic E-state index is 0.157. The number of rotatable bonds is 8. The topological polar surface area (TPSA) is 73.2 Å². The Hall–Kier alpha value is -3.48. The summed E-state index contributed by atoms with van der Waals surface area (Å²) in [6.45, 7) is 3.11. The molecule has 0 unspecified atom stereocenters. The van der Waals surface area contributed by atoms with E-state index in [1.807, 2.05) is 31.2 Å². The Labute approximate surface area is 168 Å². The summed E-state index contributed by atoms with van der Waals surface area (Å²) in [5, 5.41) is 2.75. The van der Waals surface area contributed by atoms with Gasteiger partial charge in [-0.25, -0.2) is 9.37 Å². The van der Waals surface area contributed by atoms with E-state index in [0.29, 0.717) is 25.4 Å². The highest BCUT2D eigenvalue weighted by molar-refractivity contribution is 5.78. The summed E-state index contributed by atoms with van der Waals surface area (Å²) in [4.78, 5) is 28.6. The maximum atomic E-state index is 12.9. The molecule has 0 saturated carbocycles. The van der Waals surface area contributed by atoms with Crippen LogP contribution < -0.4 is 15.6 Å². The highest BCUT2D eigenvalue weighted by Crippen LogP contribution is 2.19. The normalized spacial score (nSPS) is 10.6. The van der Waals surface area contributed by atoms with E-state index in [1.54, 1.807) is 12.1 Å². The van der Waals surface area contributed by atoms with Crippen LogP contribution in [-0.4, -0.2) is 28.6 Å². The molecule has 0 aliphatic rings. The zero-order valence-corrected chi connectivity index (χ0v) is 16.1. The standard InChI is InChI=1S/C22H22FN3O3/c1-2-29-19-9-5-17(6-10-19)20-14-22(28)26(15-25-20)12-11-24-21(27)13-16-3-7-18(23)8-4-16/h3-10,14-15H,2,11-13H2,1H3,(H,24,27). The molecule has 1 aromatic heterocycles. The lowest BCUT2D eigenvalue weighted by Crippen LogP contribution is -2.31. The van der Waals surface area contributed by atoms with E-state index in [2.05, 4.69) is 10.3 Å². The molecule has 0 spiro atoms. The lowest BCUT2D eigenvalue weighted by atomic mass is 10.1. The number of hydrogen-bond donors (Lipinski definition) is 1. The molecule has 6 nitrogen and oxygen atoms in total. The molecule has 1 amide bonds. The number of nitrogens with one attached hydrogen (secondary N) is 1. The number of benzene rings is 2. The van der Waals surface area contributed by atoms with Gasteiger partial charge < -0.3 is 10.1 Å². The molecular formula is C22H22FN3O3. The van der Waals surface area contributed by atoms with Crippen molar-refractivity contribution in [3.8, 4) is 17.0 Å². The van der Waals surface area contributed by atoms with Gasteiger partial charge in [0.05, 0.1) is 25.0 Å². The van der Waals surface area contributed by atoms with Crippen LogP contribution in [0.1, 0.15) is 12.5 Å². The molecule has 0 aliphatic heterocycles. The lowest BCUT2D eigenvalue weighted by Gasteiger charge is -2.09. The summed E-state index contributed by atoms with van der Waals surface area (Å²) in [5.41, 5.74) is 1.93. The minimum atomic E-state index is -0.338. The SMILES string of the molecule is CCOc1ccc(-c2cc(=O)n(CCNC(=O)Cc3ccc(F)cc3)cn2)cc1. The van der Waals surface area contributed by atoms with E-state index in [-0.39, 0.29) is 23.7 Å². The third-order valence-corrected chi connectivity index (χ3v) is 4.29. The summed E-state index contributed by atoms with van der Waals surface area (Å²) >= 11 is 0. The zero-order valence-electron chi connectivity index (χ0n) is 16.1. The molecular weight excluding hydrogens is 373 g/mol. The van der Waals surface area contributed by atoms with Crippen LogP contribution in [0.2, 0.25) is 0 Å². The molecule has 2 aromatic carbocycles. The molecule has 0 saturated heterocycles. The molecule has 0 radical (unpaired) electrons. The van der Waals surface area contributed by atoms with E-state index in [0.717, 1.165) is 16.9 Å². The molecule has 0 aliphatic carbocycles. The fourth-order valence-electron chi connectivity index (χ4n) is 2.81. The number of hydrogen-bond acceptors (Lipinski definition) is 4. The molecule has 29 heavy (non-hydrogen) atoms. The Morgan fingerprint density at radius 1 is 1.14 bits per heavy atom. The summed E-state index contributed by atoms with van der Waals surface area (Å²) in [7, 11) is 0. The van der Waals surface area contributed by atoms with Gasteiger partial charge in [0.2, 0.25) is 5.91 Å². The van der Waals surface area contributed by atoms with E-state index >= 15 is 0 Å². The van der Waals surface area contributed by atoms with Crippen LogP contribution in [0.3, 0.4) is 0 Å². The molecule has 1 N–H and O–H groups in total. The highest BCUT2D eigenvalue weighted by atomic mass is 19.1. The van der Waals surface area contributed by atoms with Gasteiger partial charge in [0.15, 0.2) is 0 Å². The molecule has 1 heterocycles. The van der Waals surface area contributed by atoms with Gasteiger partial charge in [-0.15, -0.1) is 0 Å². The van der Waals surface area contributed by atoms with Gasteiger partial charge >= 0.3 is 0 Å². The summed E-state index contributed by atoms with van der Waals surface area (Å²) in [5.74, 6) is 0.235. The second-order valence-corrected chi connectivity index (χ2v) is 6.42. The number of aromatic nitrogens is 2. The molecule has 0 fully saturated rings. The zero-order chi connectivity index (χ0) is 20.6. The molecule has 0 atom stereocenters. The second-order valence-electron chi connectivity index (χ2n) is 6.42. The van der Waals surface area contributed by atoms with E-state index in [9.17, 15) is 14.0 Å². The average Bonchev–Trinajstić information content (AvgIpc) is 2.72. The summed E-state index contributed by atoms with van der Waals surface area (Å²) in [6, 6.07) is 14.6. The third-order valence-electron chi connectivity index (χ3n) is 4.29. The molecule has 150 valence electrons. The first kappa shape index (κ1) is 20.3. The first-order valence-electron chi connectivity index (χ1n) is 9.36. The average molecular weight is 395 g/mol. The third kappa shape index (κ3) is 5.75. The minimum Gasteiger partial charge on any atom is -0.494 e. The predicted octanol–water partition coefficient (Wildman–Crippen LogP) is 2.81. The fraction of sp³-hybridized carbons (Fsp3) is 0.227. The Kier molecular flexibility index (Phi) is 6.73. The number of amides is 1. The van der Waals surface area contributed by atoms with Crippen LogP contribution >= 0.6 is 0 Å². The van der Waals surface area contributed by atoms with Gasteiger partial charge in [0.25, 0.3) is 5.56 Å². The van der Waals surface area contributed by atoms with Crippen molar-refractivity contribution in [3.05, 3.63) is 82.7 Å².